The molecule has 0 N–H and O–H groups in total. The number of nitrogens with zero attached hydrogens (tertiary/aromatic N) is 1. The molecule has 3 nitrogen and oxygen atoms in total. The maximum absolute atomic E-state index is 11.4. The fraction of sp³-hybridized carbons (Fsp3) is 0.938. The van der Waals surface area contributed by atoms with Gasteiger partial charge >= 0.3 is 0 Å². The summed E-state index contributed by atoms with van der Waals surface area (Å²) in [6.45, 7) is 5.03. The highest BCUT2D eigenvalue weighted by Crippen LogP contribution is 2.22. The van der Waals surface area contributed by atoms with Crippen molar-refractivity contribution in [2.45, 2.75) is 76.9 Å². The molecule has 0 spiro atoms. The fourth-order valence-corrected chi connectivity index (χ4v) is 3.49. The van der Waals surface area contributed by atoms with Gasteiger partial charge < -0.3 is 4.74 Å². The lowest BCUT2D eigenvalue weighted by Crippen LogP contribution is -2.37. The molecule has 0 aromatic rings. The van der Waals surface area contributed by atoms with Gasteiger partial charge in [-0.25, -0.2) is 0 Å². The van der Waals surface area contributed by atoms with Gasteiger partial charge in [-0.05, 0) is 58.5 Å². The zero-order valence-electron chi connectivity index (χ0n) is 12.4. The number of carbonyl (C=O) groups is 1. The molecule has 2 aliphatic rings. The molecule has 2 rings (SSSR count). The molecule has 0 aromatic carbocycles. The zero-order valence-corrected chi connectivity index (χ0v) is 12.4. The van der Waals surface area contributed by atoms with Crippen molar-refractivity contribution in [1.82, 2.24) is 4.90 Å². The monoisotopic (exact) mass is 267 g/mol. The van der Waals surface area contributed by atoms with E-state index in [0.717, 1.165) is 19.6 Å². The average Bonchev–Trinajstić information content (AvgIpc) is 2.79. The van der Waals surface area contributed by atoms with E-state index in [2.05, 4.69) is 4.90 Å². The Morgan fingerprint density at radius 3 is 2.84 bits per heavy atom. The lowest BCUT2D eigenvalue weighted by atomic mass is 10.0. The summed E-state index contributed by atoms with van der Waals surface area (Å²) >= 11 is 0. The molecular weight excluding hydrogens is 238 g/mol. The maximum Gasteiger partial charge on any atom is 0.131 e. The van der Waals surface area contributed by atoms with Crippen molar-refractivity contribution < 1.29 is 9.53 Å². The van der Waals surface area contributed by atoms with Crippen molar-refractivity contribution in [3.8, 4) is 0 Å². The summed E-state index contributed by atoms with van der Waals surface area (Å²) in [6, 6.07) is 0.504. The molecule has 2 heterocycles. The number of ether oxygens (including phenoxy) is 1. The van der Waals surface area contributed by atoms with Gasteiger partial charge in [0.1, 0.15) is 5.78 Å². The van der Waals surface area contributed by atoms with Crippen molar-refractivity contribution in [1.29, 1.82) is 0 Å². The number of Topliss-reactive ketones (excluding diaryl/α,β-unsaturated/α-hetero) is 1. The van der Waals surface area contributed by atoms with Gasteiger partial charge in [0.25, 0.3) is 0 Å². The van der Waals surface area contributed by atoms with E-state index in [9.17, 15) is 4.79 Å². The Bertz CT molecular complexity index is 274. The second kappa shape index (κ2) is 8.01. The van der Waals surface area contributed by atoms with Gasteiger partial charge in [0, 0.05) is 19.1 Å². The van der Waals surface area contributed by atoms with Crippen LogP contribution in [0.15, 0.2) is 0 Å². The van der Waals surface area contributed by atoms with E-state index in [0.29, 0.717) is 17.9 Å². The van der Waals surface area contributed by atoms with Crippen molar-refractivity contribution in [2.75, 3.05) is 19.7 Å². The number of ketones is 1. The minimum Gasteiger partial charge on any atom is -0.378 e. The molecule has 3 heteroatoms. The van der Waals surface area contributed by atoms with E-state index in [1.54, 1.807) is 6.92 Å². The number of hydrogen-bond donors (Lipinski definition) is 0. The third-order valence-corrected chi connectivity index (χ3v) is 4.52. The van der Waals surface area contributed by atoms with Gasteiger partial charge in [-0.1, -0.05) is 12.8 Å². The van der Waals surface area contributed by atoms with E-state index in [4.69, 9.17) is 4.74 Å². The van der Waals surface area contributed by atoms with Crippen molar-refractivity contribution in [2.24, 2.45) is 0 Å². The summed E-state index contributed by atoms with van der Waals surface area (Å²) in [5.74, 6) is 0.344. The van der Waals surface area contributed by atoms with Gasteiger partial charge in [0.05, 0.1) is 6.10 Å². The van der Waals surface area contributed by atoms with Crippen LogP contribution < -0.4 is 0 Å². The minimum absolute atomic E-state index is 0.344. The molecule has 2 saturated heterocycles. The second-order valence-corrected chi connectivity index (χ2v) is 6.22. The summed E-state index contributed by atoms with van der Waals surface area (Å²) in [5.41, 5.74) is 0. The first-order valence-corrected chi connectivity index (χ1v) is 8.11. The van der Waals surface area contributed by atoms with Gasteiger partial charge in [-0.3, -0.25) is 9.69 Å². The van der Waals surface area contributed by atoms with Gasteiger partial charge in [0.15, 0.2) is 0 Å². The first-order chi connectivity index (χ1) is 9.25. The van der Waals surface area contributed by atoms with E-state index in [-0.39, 0.29) is 0 Å². The summed E-state index contributed by atoms with van der Waals surface area (Å²) in [6.07, 6.45) is 11.3. The van der Waals surface area contributed by atoms with Gasteiger partial charge in [0.2, 0.25) is 0 Å². The van der Waals surface area contributed by atoms with Crippen LogP contribution in [-0.2, 0) is 9.53 Å². The molecule has 0 bridgehead atoms. The molecule has 2 aliphatic heterocycles. The first-order valence-electron chi connectivity index (χ1n) is 8.11. The fourth-order valence-electron chi connectivity index (χ4n) is 3.49. The molecule has 2 atom stereocenters. The molecular formula is C16H29NO2. The Balaban J connectivity index is 1.74. The zero-order chi connectivity index (χ0) is 13.5. The predicted molar refractivity (Wildman–Crippen MR) is 77.3 cm³/mol. The molecule has 110 valence electrons. The number of likely N-dealkylation sites (tertiary alicyclic amines) is 1. The van der Waals surface area contributed by atoms with E-state index in [1.165, 1.54) is 57.9 Å². The summed E-state index contributed by atoms with van der Waals surface area (Å²) in [7, 11) is 0. The predicted octanol–water partition coefficient (Wildman–Crippen LogP) is 3.17. The topological polar surface area (TPSA) is 29.5 Å². The molecule has 2 fully saturated rings. The summed E-state index contributed by atoms with van der Waals surface area (Å²) in [4.78, 5) is 14.0. The summed E-state index contributed by atoms with van der Waals surface area (Å²) < 4.78 is 5.69. The average molecular weight is 267 g/mol. The van der Waals surface area contributed by atoms with Crippen LogP contribution in [0.25, 0.3) is 0 Å². The largest absolute Gasteiger partial charge is 0.378 e. The lowest BCUT2D eigenvalue weighted by molar-refractivity contribution is -0.118. The van der Waals surface area contributed by atoms with Crippen LogP contribution in [0, 0.1) is 0 Å². The van der Waals surface area contributed by atoms with Crippen LogP contribution in [-0.4, -0.2) is 42.5 Å². The SMILES string of the molecule is CC(=O)CC1CCCCCN1CCCC1CCCO1. The van der Waals surface area contributed by atoms with Crippen LogP contribution in [0.1, 0.15) is 64.7 Å². The highest BCUT2D eigenvalue weighted by Gasteiger charge is 2.22. The number of carbonyl (C=O) groups excluding carboxylic acids is 1. The molecule has 19 heavy (non-hydrogen) atoms. The molecule has 2 unspecified atom stereocenters. The van der Waals surface area contributed by atoms with E-state index in [1.807, 2.05) is 0 Å². The quantitative estimate of drug-likeness (QED) is 0.740. The second-order valence-electron chi connectivity index (χ2n) is 6.22. The van der Waals surface area contributed by atoms with Crippen molar-refractivity contribution >= 4 is 5.78 Å². The Labute approximate surface area is 117 Å². The van der Waals surface area contributed by atoms with Crippen LogP contribution >= 0.6 is 0 Å². The molecule has 0 radical (unpaired) electrons. The maximum atomic E-state index is 11.4. The summed E-state index contributed by atoms with van der Waals surface area (Å²) in [5, 5.41) is 0. The Morgan fingerprint density at radius 1 is 1.21 bits per heavy atom. The Hall–Kier alpha value is -0.410. The first kappa shape index (κ1) is 15.0. The number of hydrogen-bond acceptors (Lipinski definition) is 3. The van der Waals surface area contributed by atoms with Crippen molar-refractivity contribution in [3.63, 3.8) is 0 Å². The molecule has 0 aromatic heterocycles. The van der Waals surface area contributed by atoms with Gasteiger partial charge in [-0.2, -0.15) is 0 Å². The number of rotatable bonds is 6. The smallest absolute Gasteiger partial charge is 0.131 e. The Morgan fingerprint density at radius 2 is 2.11 bits per heavy atom. The highest BCUT2D eigenvalue weighted by atomic mass is 16.5. The van der Waals surface area contributed by atoms with Crippen LogP contribution in [0.2, 0.25) is 0 Å². The lowest BCUT2D eigenvalue weighted by Gasteiger charge is -2.29. The molecule has 0 aliphatic carbocycles. The molecule has 0 saturated carbocycles. The minimum atomic E-state index is 0.344. The van der Waals surface area contributed by atoms with Crippen LogP contribution in [0.3, 0.4) is 0 Å². The third kappa shape index (κ3) is 5.23. The van der Waals surface area contributed by atoms with Gasteiger partial charge in [-0.15, -0.1) is 0 Å². The normalized spacial score (nSPS) is 29.3. The molecule has 0 amide bonds. The van der Waals surface area contributed by atoms with Crippen molar-refractivity contribution in [3.05, 3.63) is 0 Å². The van der Waals surface area contributed by atoms with Crippen LogP contribution in [0.5, 0.6) is 0 Å². The standard InChI is InChI=1S/C16H29NO2/c1-14(18)13-15-7-3-2-4-10-17(15)11-5-8-16-9-6-12-19-16/h15-16H,2-13H2,1H3. The van der Waals surface area contributed by atoms with E-state index >= 15 is 0 Å². The Kier molecular flexibility index (Phi) is 6.32. The highest BCUT2D eigenvalue weighted by molar-refractivity contribution is 5.76. The van der Waals surface area contributed by atoms with Crippen LogP contribution in [0.4, 0.5) is 0 Å². The van der Waals surface area contributed by atoms with E-state index < -0.39 is 0 Å². The third-order valence-electron chi connectivity index (χ3n) is 4.52.